The van der Waals surface area contributed by atoms with Crippen molar-refractivity contribution in [1.29, 1.82) is 0 Å². The van der Waals surface area contributed by atoms with E-state index in [-0.39, 0.29) is 18.0 Å². The van der Waals surface area contributed by atoms with Crippen molar-refractivity contribution in [2.45, 2.75) is 26.4 Å². The van der Waals surface area contributed by atoms with Crippen LogP contribution < -0.4 is 0 Å². The number of carbonyl (C=O) groups is 1. The zero-order valence-electron chi connectivity index (χ0n) is 11.8. The molecule has 0 aliphatic heterocycles. The van der Waals surface area contributed by atoms with Crippen molar-refractivity contribution in [1.82, 2.24) is 14.9 Å². The number of hydrogen-bond acceptors (Lipinski definition) is 3. The van der Waals surface area contributed by atoms with Crippen LogP contribution in [0, 0.1) is 5.82 Å². The highest BCUT2D eigenvalue weighted by molar-refractivity contribution is 6.04. The Bertz CT molecular complexity index is 631. The fourth-order valence-electron chi connectivity index (χ4n) is 2.14. The Hall–Kier alpha value is -1.95. The molecule has 1 aromatic carbocycles. The van der Waals surface area contributed by atoms with Crippen molar-refractivity contribution in [2.24, 2.45) is 0 Å². The second-order valence-electron chi connectivity index (χ2n) is 5.38. The number of aliphatic hydroxyl groups is 1. The number of imidazole rings is 1. The quantitative estimate of drug-likeness (QED) is 0.898. The van der Waals surface area contributed by atoms with Gasteiger partial charge in [0.05, 0.1) is 23.0 Å². The Morgan fingerprint density at radius 1 is 1.50 bits per heavy atom. The van der Waals surface area contributed by atoms with E-state index in [2.05, 4.69) is 9.97 Å². The molecule has 108 valence electrons. The summed E-state index contributed by atoms with van der Waals surface area (Å²) in [5.74, 6) is -0.837. The maximum Gasteiger partial charge on any atom is 0.256 e. The highest BCUT2D eigenvalue weighted by atomic mass is 19.1. The van der Waals surface area contributed by atoms with Crippen LogP contribution in [-0.4, -0.2) is 44.6 Å². The summed E-state index contributed by atoms with van der Waals surface area (Å²) in [7, 11) is 0. The van der Waals surface area contributed by atoms with E-state index in [0.717, 1.165) is 0 Å². The van der Waals surface area contributed by atoms with Gasteiger partial charge in [0.25, 0.3) is 5.91 Å². The van der Waals surface area contributed by atoms with Gasteiger partial charge in [0.2, 0.25) is 0 Å². The third-order valence-corrected chi connectivity index (χ3v) is 2.97. The molecule has 1 heterocycles. The summed E-state index contributed by atoms with van der Waals surface area (Å²) in [5.41, 5.74) is 0.106. The van der Waals surface area contributed by atoms with Gasteiger partial charge < -0.3 is 15.0 Å². The molecule has 0 fully saturated rings. The molecule has 0 saturated heterocycles. The van der Waals surface area contributed by atoms with Gasteiger partial charge in [0.15, 0.2) is 0 Å². The third-order valence-electron chi connectivity index (χ3n) is 2.97. The molecule has 0 aliphatic carbocycles. The zero-order chi connectivity index (χ0) is 14.9. The van der Waals surface area contributed by atoms with Gasteiger partial charge in [-0.15, -0.1) is 0 Å². The Morgan fingerprint density at radius 3 is 2.80 bits per heavy atom. The van der Waals surface area contributed by atoms with E-state index in [1.165, 1.54) is 23.4 Å². The third kappa shape index (κ3) is 2.96. The molecule has 5 nitrogen and oxygen atoms in total. The number of fused-ring (bicyclic) bond motifs is 1. The second-order valence-corrected chi connectivity index (χ2v) is 5.38. The normalized spacial score (nSPS) is 11.8. The highest BCUT2D eigenvalue weighted by Gasteiger charge is 2.24. The molecule has 6 heteroatoms. The molecule has 0 spiro atoms. The van der Waals surface area contributed by atoms with Crippen LogP contribution in [0.2, 0.25) is 0 Å². The molecule has 2 N–H and O–H groups in total. The van der Waals surface area contributed by atoms with E-state index < -0.39 is 11.4 Å². The maximum atomic E-state index is 13.6. The van der Waals surface area contributed by atoms with E-state index in [4.69, 9.17) is 0 Å². The number of likely N-dealkylation sites (N-methyl/N-ethyl adjacent to an activating group) is 1. The standard InChI is InChI=1S/C14H18FN3O2/c1-4-18(7-14(2,3)20)13(19)10-5-9(15)6-11-12(10)17-8-16-11/h5-6,8,20H,4,7H2,1-3H3,(H,16,17). The minimum atomic E-state index is -1.01. The predicted molar refractivity (Wildman–Crippen MR) is 73.9 cm³/mol. The molecule has 2 aromatic rings. The average Bonchev–Trinajstić information content (AvgIpc) is 2.80. The lowest BCUT2D eigenvalue weighted by atomic mass is 10.1. The number of hydrogen-bond donors (Lipinski definition) is 2. The molecule has 0 bridgehead atoms. The SMILES string of the molecule is CCN(CC(C)(C)O)C(=O)c1cc(F)cc2[nH]cnc12. The lowest BCUT2D eigenvalue weighted by Gasteiger charge is -2.28. The van der Waals surface area contributed by atoms with Crippen LogP contribution in [0.15, 0.2) is 18.5 Å². The fraction of sp³-hybridized carbons (Fsp3) is 0.429. The average molecular weight is 279 g/mol. The van der Waals surface area contributed by atoms with Crippen molar-refractivity contribution in [2.75, 3.05) is 13.1 Å². The molecule has 0 saturated carbocycles. The molecule has 1 amide bonds. The first-order valence-corrected chi connectivity index (χ1v) is 6.46. The smallest absolute Gasteiger partial charge is 0.256 e. The van der Waals surface area contributed by atoms with E-state index in [1.807, 2.05) is 6.92 Å². The summed E-state index contributed by atoms with van der Waals surface area (Å²) in [6.45, 7) is 5.65. The van der Waals surface area contributed by atoms with Crippen molar-refractivity contribution < 1.29 is 14.3 Å². The van der Waals surface area contributed by atoms with Gasteiger partial charge in [-0.3, -0.25) is 4.79 Å². The van der Waals surface area contributed by atoms with Crippen molar-refractivity contribution >= 4 is 16.9 Å². The molecule has 0 atom stereocenters. The number of H-pyrrole nitrogens is 1. The van der Waals surface area contributed by atoms with E-state index in [9.17, 15) is 14.3 Å². The summed E-state index contributed by atoms with van der Waals surface area (Å²) < 4.78 is 13.6. The largest absolute Gasteiger partial charge is 0.389 e. The minimum absolute atomic E-state index is 0.171. The van der Waals surface area contributed by atoms with E-state index in [0.29, 0.717) is 17.6 Å². The number of carbonyl (C=O) groups excluding carboxylic acids is 1. The molecule has 0 radical (unpaired) electrons. The van der Waals surface area contributed by atoms with Crippen LogP contribution in [0.1, 0.15) is 31.1 Å². The number of aromatic nitrogens is 2. The molecule has 0 aliphatic rings. The van der Waals surface area contributed by atoms with Gasteiger partial charge in [-0.1, -0.05) is 0 Å². The number of nitrogens with zero attached hydrogens (tertiary/aromatic N) is 2. The van der Waals surface area contributed by atoms with Crippen LogP contribution in [0.3, 0.4) is 0 Å². The Morgan fingerprint density at radius 2 is 2.20 bits per heavy atom. The predicted octanol–water partition coefficient (Wildman–Crippen LogP) is 1.93. The van der Waals surface area contributed by atoms with Gasteiger partial charge in [-0.25, -0.2) is 9.37 Å². The fourth-order valence-corrected chi connectivity index (χ4v) is 2.14. The van der Waals surface area contributed by atoms with Crippen LogP contribution in [0.5, 0.6) is 0 Å². The van der Waals surface area contributed by atoms with Crippen molar-refractivity contribution in [3.05, 3.63) is 29.8 Å². The number of nitrogens with one attached hydrogen (secondary N) is 1. The number of benzene rings is 1. The first kappa shape index (κ1) is 14.5. The lowest BCUT2D eigenvalue weighted by molar-refractivity contribution is 0.0315. The zero-order valence-corrected chi connectivity index (χ0v) is 11.8. The Labute approximate surface area is 116 Å². The van der Waals surface area contributed by atoms with Crippen LogP contribution in [0.25, 0.3) is 11.0 Å². The van der Waals surface area contributed by atoms with Gasteiger partial charge in [-0.05, 0) is 32.9 Å². The highest BCUT2D eigenvalue weighted by Crippen LogP contribution is 2.20. The molecule has 20 heavy (non-hydrogen) atoms. The van der Waals surface area contributed by atoms with Crippen molar-refractivity contribution in [3.63, 3.8) is 0 Å². The number of halogens is 1. The van der Waals surface area contributed by atoms with E-state index >= 15 is 0 Å². The summed E-state index contributed by atoms with van der Waals surface area (Å²) in [6.07, 6.45) is 1.42. The summed E-state index contributed by atoms with van der Waals surface area (Å²) in [6, 6.07) is 2.48. The van der Waals surface area contributed by atoms with E-state index in [1.54, 1.807) is 13.8 Å². The molecular formula is C14H18FN3O2. The van der Waals surface area contributed by atoms with Crippen LogP contribution in [-0.2, 0) is 0 Å². The first-order chi connectivity index (χ1) is 9.31. The second kappa shape index (κ2) is 5.20. The molecular weight excluding hydrogens is 261 g/mol. The van der Waals surface area contributed by atoms with Crippen molar-refractivity contribution in [3.8, 4) is 0 Å². The summed E-state index contributed by atoms with van der Waals surface area (Å²) in [4.78, 5) is 20.8. The molecule has 1 aromatic heterocycles. The monoisotopic (exact) mass is 279 g/mol. The number of aromatic amines is 1. The number of rotatable bonds is 4. The molecule has 2 rings (SSSR count). The topological polar surface area (TPSA) is 69.2 Å². The van der Waals surface area contributed by atoms with Crippen LogP contribution >= 0.6 is 0 Å². The van der Waals surface area contributed by atoms with Gasteiger partial charge in [-0.2, -0.15) is 0 Å². The summed E-state index contributed by atoms with van der Waals surface area (Å²) in [5, 5.41) is 9.85. The first-order valence-electron chi connectivity index (χ1n) is 6.46. The van der Waals surface area contributed by atoms with Gasteiger partial charge in [0, 0.05) is 13.1 Å². The Balaban J connectivity index is 2.41. The Kier molecular flexibility index (Phi) is 3.76. The lowest BCUT2D eigenvalue weighted by Crippen LogP contribution is -2.42. The summed E-state index contributed by atoms with van der Waals surface area (Å²) >= 11 is 0. The van der Waals surface area contributed by atoms with Crippen LogP contribution in [0.4, 0.5) is 4.39 Å². The molecule has 0 unspecified atom stereocenters. The maximum absolute atomic E-state index is 13.6. The van der Waals surface area contributed by atoms with Gasteiger partial charge >= 0.3 is 0 Å². The van der Waals surface area contributed by atoms with Gasteiger partial charge in [0.1, 0.15) is 11.3 Å². The number of amides is 1. The minimum Gasteiger partial charge on any atom is -0.389 e.